The van der Waals surface area contributed by atoms with Gasteiger partial charge in [0.25, 0.3) is 0 Å². The predicted molar refractivity (Wildman–Crippen MR) is 116 cm³/mol. The summed E-state index contributed by atoms with van der Waals surface area (Å²) in [7, 11) is 1.54. The summed E-state index contributed by atoms with van der Waals surface area (Å²) < 4.78 is 28.2. The first kappa shape index (κ1) is 21.6. The Balaban J connectivity index is 0.00000261. The van der Waals surface area contributed by atoms with Crippen molar-refractivity contribution in [2.24, 2.45) is 12.0 Å². The van der Waals surface area contributed by atoms with E-state index < -0.39 is 10.0 Å². The summed E-state index contributed by atoms with van der Waals surface area (Å²) in [5, 5.41) is 2.00. The number of benzene rings is 2. The Morgan fingerprint density at radius 3 is 2.37 bits per heavy atom. The van der Waals surface area contributed by atoms with E-state index in [0.29, 0.717) is 4.90 Å². The van der Waals surface area contributed by atoms with Crippen molar-refractivity contribution >= 4 is 44.0 Å². The Morgan fingerprint density at radius 1 is 1.07 bits per heavy atom. The summed E-state index contributed by atoms with van der Waals surface area (Å²) in [6, 6.07) is 15.2. The zero-order valence-electron chi connectivity index (χ0n) is 15.6. The molecule has 3 aromatic rings. The van der Waals surface area contributed by atoms with Crippen molar-refractivity contribution in [2.45, 2.75) is 11.8 Å². The summed E-state index contributed by atoms with van der Waals surface area (Å²) in [5.74, 6) is 0. The minimum absolute atomic E-state index is 0. The maximum Gasteiger partial charge on any atom is 0.242 e. The van der Waals surface area contributed by atoms with Gasteiger partial charge in [0.1, 0.15) is 0 Å². The summed E-state index contributed by atoms with van der Waals surface area (Å²) in [6.07, 6.45) is 0. The van der Waals surface area contributed by atoms with Crippen molar-refractivity contribution in [3.8, 4) is 11.3 Å². The molecule has 2 aromatic carbocycles. The third-order valence-electron chi connectivity index (χ3n) is 4.03. The molecular weight excluding hydrogens is 446 g/mol. The van der Waals surface area contributed by atoms with Gasteiger partial charge < -0.3 is 4.57 Å². The highest BCUT2D eigenvalue weighted by Gasteiger charge is 2.19. The third kappa shape index (κ3) is 4.57. The van der Waals surface area contributed by atoms with E-state index in [9.17, 15) is 8.42 Å². The van der Waals surface area contributed by atoms with Crippen molar-refractivity contribution in [2.75, 3.05) is 14.1 Å². The number of halogens is 1. The molecular formula is C19H22BrN3O2S2. The first-order chi connectivity index (χ1) is 12.3. The first-order valence-electron chi connectivity index (χ1n) is 8.08. The first-order valence-corrected chi connectivity index (χ1v) is 10.4. The number of rotatable bonds is 4. The molecule has 0 aliphatic carbocycles. The molecule has 0 radical (unpaired) electrons. The van der Waals surface area contributed by atoms with Crippen LogP contribution < -0.4 is 4.80 Å². The Kier molecular flexibility index (Phi) is 6.80. The predicted octanol–water partition coefficient (Wildman–Crippen LogP) is 4.12. The van der Waals surface area contributed by atoms with Gasteiger partial charge in [-0.25, -0.2) is 17.7 Å². The van der Waals surface area contributed by atoms with E-state index in [-0.39, 0.29) is 17.0 Å². The minimum Gasteiger partial charge on any atom is -0.320 e. The normalized spacial score (nSPS) is 12.3. The topological polar surface area (TPSA) is 54.7 Å². The molecule has 0 fully saturated rings. The lowest BCUT2D eigenvalue weighted by atomic mass is 10.1. The lowest BCUT2D eigenvalue weighted by molar-refractivity contribution is 0.520. The number of hydrogen-bond acceptors (Lipinski definition) is 4. The highest BCUT2D eigenvalue weighted by atomic mass is 79.9. The second kappa shape index (κ2) is 8.52. The highest BCUT2D eigenvalue weighted by Crippen LogP contribution is 2.26. The minimum atomic E-state index is -3.48. The molecule has 8 heteroatoms. The van der Waals surface area contributed by atoms with E-state index >= 15 is 0 Å². The Labute approximate surface area is 174 Å². The molecule has 0 aliphatic heterocycles. The lowest BCUT2D eigenvalue weighted by Gasteiger charge is -2.13. The van der Waals surface area contributed by atoms with E-state index in [1.165, 1.54) is 15.6 Å². The molecule has 0 bridgehead atoms. The number of aryl methyl sites for hydroxylation is 1. The Bertz CT molecular complexity index is 1100. The highest BCUT2D eigenvalue weighted by molar-refractivity contribution is 8.93. The van der Waals surface area contributed by atoms with Crippen LogP contribution in [0.3, 0.4) is 0 Å². The van der Waals surface area contributed by atoms with Gasteiger partial charge in [-0.2, -0.15) is 0 Å². The van der Waals surface area contributed by atoms with Crippen molar-refractivity contribution in [3.05, 3.63) is 64.3 Å². The van der Waals surface area contributed by atoms with Crippen LogP contribution in [0.1, 0.15) is 5.56 Å². The molecule has 0 N–H and O–H groups in total. The van der Waals surface area contributed by atoms with Gasteiger partial charge in [0.2, 0.25) is 10.0 Å². The largest absolute Gasteiger partial charge is 0.320 e. The monoisotopic (exact) mass is 467 g/mol. The van der Waals surface area contributed by atoms with Crippen LogP contribution in [0, 0.1) is 6.92 Å². The number of thiazole rings is 1. The smallest absolute Gasteiger partial charge is 0.242 e. The molecule has 144 valence electrons. The van der Waals surface area contributed by atoms with Gasteiger partial charge in [0, 0.05) is 32.1 Å². The van der Waals surface area contributed by atoms with Crippen LogP contribution in [0.5, 0.6) is 0 Å². The summed E-state index contributed by atoms with van der Waals surface area (Å²) in [5.41, 5.74) is 3.58. The second-order valence-electron chi connectivity index (χ2n) is 6.23. The van der Waals surface area contributed by atoms with Crippen LogP contribution in [-0.2, 0) is 17.1 Å². The molecule has 0 atom stereocenters. The van der Waals surface area contributed by atoms with Crippen molar-refractivity contribution in [1.82, 2.24) is 8.87 Å². The van der Waals surface area contributed by atoms with Crippen LogP contribution in [0.25, 0.3) is 11.3 Å². The Morgan fingerprint density at radius 2 is 1.74 bits per heavy atom. The Hall–Kier alpha value is -1.74. The molecule has 5 nitrogen and oxygen atoms in total. The quantitative estimate of drug-likeness (QED) is 0.579. The molecule has 0 spiro atoms. The average Bonchev–Trinajstić information content (AvgIpc) is 2.96. The zero-order chi connectivity index (χ0) is 18.9. The number of para-hydroxylation sites is 1. The molecule has 0 amide bonds. The lowest BCUT2D eigenvalue weighted by Crippen LogP contribution is -2.22. The summed E-state index contributed by atoms with van der Waals surface area (Å²) in [4.78, 5) is 5.81. The molecule has 0 unspecified atom stereocenters. The third-order valence-corrected chi connectivity index (χ3v) is 6.74. The van der Waals surface area contributed by atoms with E-state index in [2.05, 4.69) is 4.99 Å². The average molecular weight is 468 g/mol. The number of hydrogen-bond donors (Lipinski definition) is 0. The maximum absolute atomic E-state index is 12.5. The van der Waals surface area contributed by atoms with Gasteiger partial charge in [0.05, 0.1) is 16.3 Å². The van der Waals surface area contributed by atoms with Crippen LogP contribution in [0.2, 0.25) is 0 Å². The molecule has 1 heterocycles. The van der Waals surface area contributed by atoms with Crippen molar-refractivity contribution in [1.29, 1.82) is 0 Å². The van der Waals surface area contributed by atoms with E-state index in [4.69, 9.17) is 0 Å². The number of aromatic nitrogens is 1. The van der Waals surface area contributed by atoms with Crippen LogP contribution >= 0.6 is 28.3 Å². The van der Waals surface area contributed by atoms with E-state index in [0.717, 1.165) is 27.3 Å². The summed E-state index contributed by atoms with van der Waals surface area (Å²) in [6.45, 7) is 1.90. The van der Waals surface area contributed by atoms with Crippen LogP contribution in [0.4, 0.5) is 5.69 Å². The van der Waals surface area contributed by atoms with Gasteiger partial charge in [-0.3, -0.25) is 0 Å². The zero-order valence-corrected chi connectivity index (χ0v) is 18.9. The molecule has 3 rings (SSSR count). The van der Waals surface area contributed by atoms with Crippen molar-refractivity contribution in [3.63, 3.8) is 0 Å². The molecule has 0 saturated heterocycles. The fourth-order valence-corrected chi connectivity index (χ4v) is 4.56. The summed E-state index contributed by atoms with van der Waals surface area (Å²) >= 11 is 1.53. The van der Waals surface area contributed by atoms with E-state index in [1.54, 1.807) is 26.2 Å². The van der Waals surface area contributed by atoms with Gasteiger partial charge in [-0.15, -0.1) is 28.3 Å². The number of sulfonamides is 1. The SMILES string of the molecule is Br.Cc1cc(-c2cs/c(=N/c3ccccc3)n2C)cc(S(=O)(=O)N(C)C)c1. The van der Waals surface area contributed by atoms with Gasteiger partial charge in [-0.05, 0) is 42.8 Å². The second-order valence-corrected chi connectivity index (χ2v) is 9.22. The molecule has 1 aromatic heterocycles. The molecule has 0 aliphatic rings. The maximum atomic E-state index is 12.5. The van der Waals surface area contributed by atoms with Gasteiger partial charge in [-0.1, -0.05) is 18.2 Å². The number of nitrogens with zero attached hydrogens (tertiary/aromatic N) is 3. The van der Waals surface area contributed by atoms with Crippen LogP contribution in [-0.4, -0.2) is 31.4 Å². The fourth-order valence-electron chi connectivity index (χ4n) is 2.60. The fraction of sp³-hybridized carbons (Fsp3) is 0.211. The van der Waals surface area contributed by atoms with Crippen LogP contribution in [0.15, 0.2) is 63.8 Å². The van der Waals surface area contributed by atoms with Crippen molar-refractivity contribution < 1.29 is 8.42 Å². The molecule has 0 saturated carbocycles. The van der Waals surface area contributed by atoms with E-state index in [1.807, 2.05) is 60.3 Å². The van der Waals surface area contributed by atoms with Gasteiger partial charge >= 0.3 is 0 Å². The molecule has 27 heavy (non-hydrogen) atoms. The van der Waals surface area contributed by atoms with Gasteiger partial charge in [0.15, 0.2) is 4.80 Å². The standard InChI is InChI=1S/C19H21N3O2S2.BrH/c1-14-10-15(12-17(11-14)26(23,24)21(2)3)18-13-25-19(22(18)4)20-16-8-6-5-7-9-16;/h5-13H,1-4H3;1H/b20-19+;.